The zero-order chi connectivity index (χ0) is 21.5. The molecule has 5 rings (SSSR count). The van der Waals surface area contributed by atoms with Crippen LogP contribution in [0.5, 0.6) is 5.75 Å². The van der Waals surface area contributed by atoms with Gasteiger partial charge in [-0.1, -0.05) is 53.6 Å². The van der Waals surface area contributed by atoms with Crippen LogP contribution in [0.15, 0.2) is 72.8 Å². The van der Waals surface area contributed by atoms with Gasteiger partial charge in [-0.15, -0.1) is 0 Å². The summed E-state index contributed by atoms with van der Waals surface area (Å²) in [6.07, 6.45) is 0. The normalized spacial score (nSPS) is 25.0. The summed E-state index contributed by atoms with van der Waals surface area (Å²) in [4.78, 5) is 15.5. The molecular weight excluding hydrogens is 410 g/mol. The van der Waals surface area contributed by atoms with E-state index in [0.717, 1.165) is 22.6 Å². The lowest BCUT2D eigenvalue weighted by atomic mass is 9.83. The maximum Gasteiger partial charge on any atom is 0.246 e. The summed E-state index contributed by atoms with van der Waals surface area (Å²) < 4.78 is 5.35. The fourth-order valence-corrected chi connectivity index (χ4v) is 4.88. The number of carbonyl (C=O) groups is 1. The van der Waals surface area contributed by atoms with Crippen LogP contribution in [0.4, 0.5) is 5.69 Å². The number of nitrogens with one attached hydrogen (secondary N) is 2. The second-order valence-corrected chi connectivity index (χ2v) is 8.57. The van der Waals surface area contributed by atoms with Crippen LogP contribution in [-0.2, 0) is 4.79 Å². The fraction of sp³-hybridized carbons (Fsp3) is 0.240. The monoisotopic (exact) mass is 433 g/mol. The van der Waals surface area contributed by atoms with Crippen molar-refractivity contribution in [1.82, 2.24) is 10.9 Å². The van der Waals surface area contributed by atoms with E-state index in [-0.39, 0.29) is 30.0 Å². The topological polar surface area (TPSA) is 53.6 Å². The Morgan fingerprint density at radius 3 is 2.10 bits per heavy atom. The van der Waals surface area contributed by atoms with Crippen molar-refractivity contribution in [3.8, 4) is 5.75 Å². The Morgan fingerprint density at radius 2 is 1.45 bits per heavy atom. The van der Waals surface area contributed by atoms with Crippen LogP contribution >= 0.6 is 11.6 Å². The molecule has 0 spiro atoms. The molecule has 2 heterocycles. The van der Waals surface area contributed by atoms with E-state index in [1.165, 1.54) is 5.56 Å². The molecule has 2 saturated heterocycles. The molecule has 2 aliphatic heterocycles. The van der Waals surface area contributed by atoms with Crippen molar-refractivity contribution < 1.29 is 9.53 Å². The van der Waals surface area contributed by atoms with Crippen molar-refractivity contribution >= 4 is 23.2 Å². The lowest BCUT2D eigenvalue weighted by Crippen LogP contribution is -2.41. The van der Waals surface area contributed by atoms with E-state index in [2.05, 4.69) is 42.0 Å². The Bertz CT molecular complexity index is 1080. The highest BCUT2D eigenvalue weighted by molar-refractivity contribution is 6.30. The van der Waals surface area contributed by atoms with E-state index in [1.807, 2.05) is 53.4 Å². The van der Waals surface area contributed by atoms with Crippen LogP contribution in [0, 0.1) is 12.8 Å². The number of hydrogen-bond donors (Lipinski definition) is 2. The van der Waals surface area contributed by atoms with Crippen molar-refractivity contribution in [1.29, 1.82) is 0 Å². The summed E-state index contributed by atoms with van der Waals surface area (Å²) in [5, 5.41) is 0.647. The molecule has 5 nitrogen and oxygen atoms in total. The molecule has 0 saturated carbocycles. The number of hydrazine groups is 1. The van der Waals surface area contributed by atoms with E-state index >= 15 is 0 Å². The number of ether oxygens (including phenoxy) is 1. The predicted octanol–water partition coefficient (Wildman–Crippen LogP) is 4.58. The molecule has 0 aliphatic carbocycles. The number of aryl methyl sites for hydroxylation is 1. The van der Waals surface area contributed by atoms with Gasteiger partial charge in [0, 0.05) is 16.6 Å². The van der Waals surface area contributed by atoms with Crippen LogP contribution in [0.1, 0.15) is 28.8 Å². The predicted molar refractivity (Wildman–Crippen MR) is 122 cm³/mol. The minimum atomic E-state index is -0.325. The van der Waals surface area contributed by atoms with Gasteiger partial charge in [-0.2, -0.15) is 0 Å². The van der Waals surface area contributed by atoms with Gasteiger partial charge in [0.1, 0.15) is 11.8 Å². The molecule has 2 N–H and O–H groups in total. The van der Waals surface area contributed by atoms with Gasteiger partial charge in [-0.05, 0) is 54.4 Å². The van der Waals surface area contributed by atoms with Gasteiger partial charge in [-0.25, -0.2) is 10.9 Å². The van der Waals surface area contributed by atoms with Crippen molar-refractivity contribution in [3.05, 3.63) is 94.5 Å². The summed E-state index contributed by atoms with van der Waals surface area (Å²) in [6, 6.07) is 23.5. The third-order valence-electron chi connectivity index (χ3n) is 6.31. The molecule has 1 amide bonds. The first-order valence-electron chi connectivity index (χ1n) is 10.4. The fourth-order valence-electron chi connectivity index (χ4n) is 4.76. The van der Waals surface area contributed by atoms with Crippen molar-refractivity contribution in [2.24, 2.45) is 5.92 Å². The van der Waals surface area contributed by atoms with E-state index in [1.54, 1.807) is 7.11 Å². The molecule has 0 bridgehead atoms. The quantitative estimate of drug-likeness (QED) is 0.632. The first kappa shape index (κ1) is 20.1. The standard InChI is InChI=1S/C25H24ClN3O2/c1-15-3-5-16(6-4-15)22-21-23(28-27-22)25(30)29(19-11-9-18(26)10-12-19)24(21)17-7-13-20(31-2)14-8-17/h3-14,21-24,27-28H,1-2H3. The number of nitrogens with zero attached hydrogens (tertiary/aromatic N) is 1. The lowest BCUT2D eigenvalue weighted by Gasteiger charge is -2.31. The van der Waals surface area contributed by atoms with Crippen molar-refractivity contribution in [2.75, 3.05) is 12.0 Å². The summed E-state index contributed by atoms with van der Waals surface area (Å²) in [7, 11) is 1.66. The third kappa shape index (κ3) is 3.49. The second kappa shape index (κ2) is 8.00. The van der Waals surface area contributed by atoms with E-state index in [9.17, 15) is 4.79 Å². The van der Waals surface area contributed by atoms with Gasteiger partial charge in [0.2, 0.25) is 5.91 Å². The lowest BCUT2D eigenvalue weighted by molar-refractivity contribution is -0.119. The number of rotatable bonds is 4. The Labute approximate surface area is 186 Å². The number of anilines is 1. The average Bonchev–Trinajstić information content (AvgIpc) is 3.34. The number of hydrogen-bond acceptors (Lipinski definition) is 4. The van der Waals surface area contributed by atoms with Crippen LogP contribution in [-0.4, -0.2) is 19.1 Å². The number of fused-ring (bicyclic) bond motifs is 1. The Kier molecular flexibility index (Phi) is 5.18. The molecule has 0 radical (unpaired) electrons. The number of amides is 1. The highest BCUT2D eigenvalue weighted by Crippen LogP contribution is 2.49. The molecule has 3 aromatic rings. The van der Waals surface area contributed by atoms with Crippen LogP contribution in [0.3, 0.4) is 0 Å². The molecule has 0 aromatic heterocycles. The zero-order valence-corrected chi connectivity index (χ0v) is 18.1. The minimum Gasteiger partial charge on any atom is -0.497 e. The van der Waals surface area contributed by atoms with Gasteiger partial charge in [-0.3, -0.25) is 4.79 Å². The molecule has 2 aliphatic rings. The first-order valence-corrected chi connectivity index (χ1v) is 10.7. The van der Waals surface area contributed by atoms with E-state index in [4.69, 9.17) is 16.3 Å². The molecule has 4 unspecified atom stereocenters. The highest BCUT2D eigenvalue weighted by atomic mass is 35.5. The molecule has 158 valence electrons. The molecule has 4 atom stereocenters. The average molecular weight is 434 g/mol. The minimum absolute atomic E-state index is 0.000970. The van der Waals surface area contributed by atoms with Gasteiger partial charge >= 0.3 is 0 Å². The van der Waals surface area contributed by atoms with Crippen molar-refractivity contribution in [2.45, 2.75) is 25.0 Å². The van der Waals surface area contributed by atoms with E-state index < -0.39 is 0 Å². The zero-order valence-electron chi connectivity index (χ0n) is 17.4. The van der Waals surface area contributed by atoms with Crippen LogP contribution < -0.4 is 20.5 Å². The SMILES string of the molecule is COc1ccc(C2C3C(NNC3c3ccc(C)cc3)C(=O)N2c2ccc(Cl)cc2)cc1. The number of methoxy groups -OCH3 is 1. The smallest absolute Gasteiger partial charge is 0.246 e. The summed E-state index contributed by atoms with van der Waals surface area (Å²) in [6.45, 7) is 2.08. The molecule has 3 aromatic carbocycles. The first-order chi connectivity index (χ1) is 15.1. The van der Waals surface area contributed by atoms with Crippen LogP contribution in [0.25, 0.3) is 0 Å². The number of carbonyl (C=O) groups excluding carboxylic acids is 1. The molecular formula is C25H24ClN3O2. The molecule has 6 heteroatoms. The third-order valence-corrected chi connectivity index (χ3v) is 6.56. The van der Waals surface area contributed by atoms with Crippen LogP contribution in [0.2, 0.25) is 5.02 Å². The van der Waals surface area contributed by atoms with E-state index in [0.29, 0.717) is 5.02 Å². The largest absolute Gasteiger partial charge is 0.497 e. The highest BCUT2D eigenvalue weighted by Gasteiger charge is 2.55. The summed E-state index contributed by atoms with van der Waals surface area (Å²) in [5.41, 5.74) is 10.9. The maximum absolute atomic E-state index is 13.6. The Hall–Kier alpha value is -2.86. The number of benzene rings is 3. The molecule has 2 fully saturated rings. The van der Waals surface area contributed by atoms with Gasteiger partial charge in [0.15, 0.2) is 0 Å². The van der Waals surface area contributed by atoms with Gasteiger partial charge in [0.05, 0.1) is 19.2 Å². The summed E-state index contributed by atoms with van der Waals surface area (Å²) in [5.74, 6) is 0.856. The van der Waals surface area contributed by atoms with Gasteiger partial charge < -0.3 is 9.64 Å². The Morgan fingerprint density at radius 1 is 0.839 bits per heavy atom. The number of halogens is 1. The Balaban J connectivity index is 1.61. The molecule has 31 heavy (non-hydrogen) atoms. The second-order valence-electron chi connectivity index (χ2n) is 8.13. The van der Waals surface area contributed by atoms with Crippen molar-refractivity contribution in [3.63, 3.8) is 0 Å². The summed E-state index contributed by atoms with van der Waals surface area (Å²) >= 11 is 6.11. The maximum atomic E-state index is 13.6. The van der Waals surface area contributed by atoms with Gasteiger partial charge in [0.25, 0.3) is 0 Å².